The van der Waals surface area contributed by atoms with Gasteiger partial charge in [-0.3, -0.25) is 0 Å². The summed E-state index contributed by atoms with van der Waals surface area (Å²) in [5, 5.41) is 0. The summed E-state index contributed by atoms with van der Waals surface area (Å²) >= 11 is 1.85. The molecule has 0 heterocycles. The molecule has 1 aliphatic rings. The normalized spacial score (nSPS) is 20.6. The Balaban J connectivity index is 2.38. The molecule has 0 N–H and O–H groups in total. The molecule has 0 saturated carbocycles. The van der Waals surface area contributed by atoms with Gasteiger partial charge in [-0.25, -0.2) is 0 Å². The standard InChI is InChI=1S/C13H18S/c1-3-10-5-4-6-11-7-8-12(14-2)9-13(10)11/h7-10H,3-6H2,1-2H3. The monoisotopic (exact) mass is 206 g/mol. The summed E-state index contributed by atoms with van der Waals surface area (Å²) in [6.07, 6.45) is 7.52. The molecule has 1 aromatic rings. The third-order valence-corrected chi connectivity index (χ3v) is 4.01. The third-order valence-electron chi connectivity index (χ3n) is 3.28. The number of fused-ring (bicyclic) bond motifs is 1. The molecule has 0 nitrogen and oxygen atoms in total. The first-order chi connectivity index (χ1) is 6.85. The van der Waals surface area contributed by atoms with Crippen LogP contribution in [0.3, 0.4) is 0 Å². The minimum Gasteiger partial charge on any atom is -0.130 e. The fraction of sp³-hybridized carbons (Fsp3) is 0.538. The van der Waals surface area contributed by atoms with Crippen molar-refractivity contribution in [1.29, 1.82) is 0 Å². The van der Waals surface area contributed by atoms with Crippen LogP contribution in [0.5, 0.6) is 0 Å². The SMILES string of the molecule is CCC1CCCc2ccc(SC)cc21. The molecule has 0 fully saturated rings. The van der Waals surface area contributed by atoms with Crippen LogP contribution in [-0.2, 0) is 6.42 Å². The van der Waals surface area contributed by atoms with E-state index in [0.717, 1.165) is 5.92 Å². The van der Waals surface area contributed by atoms with Crippen LogP contribution in [0, 0.1) is 0 Å². The van der Waals surface area contributed by atoms with Crippen molar-refractivity contribution < 1.29 is 0 Å². The molecule has 2 rings (SSSR count). The van der Waals surface area contributed by atoms with Crippen LogP contribution in [0.1, 0.15) is 43.2 Å². The Labute approximate surface area is 91.1 Å². The van der Waals surface area contributed by atoms with Crippen molar-refractivity contribution in [2.45, 2.75) is 43.4 Å². The number of aryl methyl sites for hydroxylation is 1. The van der Waals surface area contributed by atoms with Gasteiger partial charge in [0.25, 0.3) is 0 Å². The van der Waals surface area contributed by atoms with Gasteiger partial charge in [-0.15, -0.1) is 11.8 Å². The Morgan fingerprint density at radius 1 is 1.43 bits per heavy atom. The van der Waals surface area contributed by atoms with Crippen molar-refractivity contribution in [2.24, 2.45) is 0 Å². The largest absolute Gasteiger partial charge is 0.130 e. The summed E-state index contributed by atoms with van der Waals surface area (Å²) in [6, 6.07) is 7.01. The Morgan fingerprint density at radius 3 is 3.00 bits per heavy atom. The molecule has 0 aromatic heterocycles. The first kappa shape index (κ1) is 10.1. The second-order valence-electron chi connectivity index (χ2n) is 4.06. The molecule has 0 saturated heterocycles. The zero-order chi connectivity index (χ0) is 9.97. The fourth-order valence-electron chi connectivity index (χ4n) is 2.43. The van der Waals surface area contributed by atoms with E-state index < -0.39 is 0 Å². The molecule has 0 bridgehead atoms. The van der Waals surface area contributed by atoms with E-state index in [1.165, 1.54) is 30.6 Å². The minimum atomic E-state index is 0.825. The predicted octanol–water partition coefficient (Wildman–Crippen LogP) is 4.24. The maximum atomic E-state index is 2.41. The van der Waals surface area contributed by atoms with Gasteiger partial charge in [0, 0.05) is 4.90 Å². The molecule has 1 unspecified atom stereocenters. The van der Waals surface area contributed by atoms with Crippen molar-refractivity contribution in [1.82, 2.24) is 0 Å². The van der Waals surface area contributed by atoms with Crippen molar-refractivity contribution in [3.05, 3.63) is 29.3 Å². The highest BCUT2D eigenvalue weighted by atomic mass is 32.2. The van der Waals surface area contributed by atoms with Gasteiger partial charge in [0.05, 0.1) is 0 Å². The van der Waals surface area contributed by atoms with Crippen LogP contribution in [-0.4, -0.2) is 6.26 Å². The molecular formula is C13H18S. The van der Waals surface area contributed by atoms with Crippen LogP contribution in [0.4, 0.5) is 0 Å². The summed E-state index contributed by atoms with van der Waals surface area (Å²) in [7, 11) is 0. The van der Waals surface area contributed by atoms with E-state index in [4.69, 9.17) is 0 Å². The zero-order valence-electron chi connectivity index (χ0n) is 9.05. The molecule has 1 atom stereocenters. The van der Waals surface area contributed by atoms with Crippen molar-refractivity contribution >= 4 is 11.8 Å². The average Bonchev–Trinajstić information content (AvgIpc) is 2.27. The lowest BCUT2D eigenvalue weighted by Gasteiger charge is -2.24. The number of hydrogen-bond acceptors (Lipinski definition) is 1. The fourth-order valence-corrected chi connectivity index (χ4v) is 2.88. The number of benzene rings is 1. The Bertz CT molecular complexity index is 317. The van der Waals surface area contributed by atoms with Crippen molar-refractivity contribution in [2.75, 3.05) is 6.26 Å². The van der Waals surface area contributed by atoms with Gasteiger partial charge in [0.1, 0.15) is 0 Å². The molecule has 0 radical (unpaired) electrons. The molecule has 1 aromatic carbocycles. The number of thioether (sulfide) groups is 1. The maximum Gasteiger partial charge on any atom is 0.00721 e. The summed E-state index contributed by atoms with van der Waals surface area (Å²) < 4.78 is 0. The lowest BCUT2D eigenvalue weighted by molar-refractivity contribution is 0.538. The van der Waals surface area contributed by atoms with E-state index in [9.17, 15) is 0 Å². The van der Waals surface area contributed by atoms with Gasteiger partial charge in [-0.05, 0) is 61.1 Å². The second kappa shape index (κ2) is 4.39. The van der Waals surface area contributed by atoms with E-state index in [1.807, 2.05) is 11.8 Å². The van der Waals surface area contributed by atoms with Gasteiger partial charge >= 0.3 is 0 Å². The van der Waals surface area contributed by atoms with E-state index >= 15 is 0 Å². The maximum absolute atomic E-state index is 2.41. The molecule has 0 amide bonds. The Morgan fingerprint density at radius 2 is 2.29 bits per heavy atom. The highest BCUT2D eigenvalue weighted by Gasteiger charge is 2.18. The molecule has 0 spiro atoms. The average molecular weight is 206 g/mol. The number of hydrogen-bond donors (Lipinski definition) is 0. The predicted molar refractivity (Wildman–Crippen MR) is 64.2 cm³/mol. The topological polar surface area (TPSA) is 0 Å². The second-order valence-corrected chi connectivity index (χ2v) is 4.94. The van der Waals surface area contributed by atoms with Crippen LogP contribution in [0.15, 0.2) is 23.1 Å². The molecule has 1 aliphatic carbocycles. The summed E-state index contributed by atoms with van der Waals surface area (Å²) in [4.78, 5) is 1.42. The van der Waals surface area contributed by atoms with E-state index in [0.29, 0.717) is 0 Å². The zero-order valence-corrected chi connectivity index (χ0v) is 9.86. The van der Waals surface area contributed by atoms with E-state index in [-0.39, 0.29) is 0 Å². The molecule has 76 valence electrons. The third kappa shape index (κ3) is 1.83. The quantitative estimate of drug-likeness (QED) is 0.652. The Hall–Kier alpha value is -0.430. The van der Waals surface area contributed by atoms with E-state index in [2.05, 4.69) is 31.4 Å². The summed E-state index contributed by atoms with van der Waals surface area (Å²) in [6.45, 7) is 2.31. The molecular weight excluding hydrogens is 188 g/mol. The van der Waals surface area contributed by atoms with Crippen LogP contribution >= 0.6 is 11.8 Å². The molecule has 1 heteroatoms. The van der Waals surface area contributed by atoms with Gasteiger partial charge < -0.3 is 0 Å². The lowest BCUT2D eigenvalue weighted by atomic mass is 9.81. The number of rotatable bonds is 2. The van der Waals surface area contributed by atoms with Gasteiger partial charge in [0.15, 0.2) is 0 Å². The molecule has 0 aliphatic heterocycles. The van der Waals surface area contributed by atoms with E-state index in [1.54, 1.807) is 11.1 Å². The van der Waals surface area contributed by atoms with Gasteiger partial charge in [0.2, 0.25) is 0 Å². The summed E-state index contributed by atoms with van der Waals surface area (Å²) in [5.41, 5.74) is 3.23. The lowest BCUT2D eigenvalue weighted by Crippen LogP contribution is -2.08. The van der Waals surface area contributed by atoms with Crippen LogP contribution in [0.25, 0.3) is 0 Å². The van der Waals surface area contributed by atoms with Crippen molar-refractivity contribution in [3.63, 3.8) is 0 Å². The highest BCUT2D eigenvalue weighted by Crippen LogP contribution is 2.35. The van der Waals surface area contributed by atoms with Crippen LogP contribution in [0.2, 0.25) is 0 Å². The molecule has 14 heavy (non-hydrogen) atoms. The van der Waals surface area contributed by atoms with Crippen molar-refractivity contribution in [3.8, 4) is 0 Å². The smallest absolute Gasteiger partial charge is 0.00721 e. The minimum absolute atomic E-state index is 0.825. The summed E-state index contributed by atoms with van der Waals surface area (Å²) in [5.74, 6) is 0.825. The van der Waals surface area contributed by atoms with Crippen LogP contribution < -0.4 is 0 Å². The first-order valence-corrected chi connectivity index (χ1v) is 6.74. The highest BCUT2D eigenvalue weighted by molar-refractivity contribution is 7.98. The first-order valence-electron chi connectivity index (χ1n) is 5.52. The van der Waals surface area contributed by atoms with Gasteiger partial charge in [-0.1, -0.05) is 13.0 Å². The van der Waals surface area contributed by atoms with Gasteiger partial charge in [-0.2, -0.15) is 0 Å². The Kier molecular flexibility index (Phi) is 3.17.